The lowest BCUT2D eigenvalue weighted by Crippen LogP contribution is -2.38. The number of alkyl halides is 3. The Bertz CT molecular complexity index is 669. The molecule has 1 aliphatic rings. The largest absolute Gasteiger partial charge is 0.416 e. The van der Waals surface area contributed by atoms with Crippen LogP contribution in [0.4, 0.5) is 13.2 Å². The van der Waals surface area contributed by atoms with Crippen LogP contribution in [0.2, 0.25) is 0 Å². The molecule has 1 unspecified atom stereocenters. The van der Waals surface area contributed by atoms with E-state index in [4.69, 9.17) is 4.74 Å². The van der Waals surface area contributed by atoms with Gasteiger partial charge in [-0.05, 0) is 24.1 Å². The van der Waals surface area contributed by atoms with Crippen molar-refractivity contribution in [2.75, 3.05) is 19.7 Å². The van der Waals surface area contributed by atoms with E-state index in [0.29, 0.717) is 26.2 Å². The van der Waals surface area contributed by atoms with Crippen molar-refractivity contribution < 1.29 is 17.9 Å². The zero-order chi connectivity index (χ0) is 16.4. The highest BCUT2D eigenvalue weighted by molar-refractivity contribution is 5.32. The monoisotopic (exact) mass is 325 g/mol. The number of nitrogens with one attached hydrogen (secondary N) is 1. The van der Waals surface area contributed by atoms with Gasteiger partial charge in [0.2, 0.25) is 0 Å². The molecule has 0 spiro atoms. The number of halogens is 3. The van der Waals surface area contributed by atoms with Crippen LogP contribution >= 0.6 is 0 Å². The summed E-state index contributed by atoms with van der Waals surface area (Å²) >= 11 is 0. The van der Waals surface area contributed by atoms with Gasteiger partial charge in [-0.3, -0.25) is 10.00 Å². The Morgan fingerprint density at radius 2 is 2.13 bits per heavy atom. The predicted octanol–water partition coefficient (Wildman–Crippen LogP) is 3.31. The van der Waals surface area contributed by atoms with Gasteiger partial charge in [-0.15, -0.1) is 0 Å². The molecule has 0 aliphatic carbocycles. The standard InChI is InChI=1S/C16H18F3N3O/c1-11-8-20-21-14(11)9-22-6-7-23-15(10-22)12-4-2-3-5-13(12)16(17,18)19/h2-5,8,15H,6-7,9-10H2,1H3,(H,20,21). The van der Waals surface area contributed by atoms with Gasteiger partial charge >= 0.3 is 6.18 Å². The molecule has 1 atom stereocenters. The Morgan fingerprint density at radius 1 is 1.35 bits per heavy atom. The van der Waals surface area contributed by atoms with E-state index in [-0.39, 0.29) is 5.56 Å². The number of aromatic nitrogens is 2. The van der Waals surface area contributed by atoms with Crippen LogP contribution in [-0.4, -0.2) is 34.8 Å². The quantitative estimate of drug-likeness (QED) is 0.941. The van der Waals surface area contributed by atoms with E-state index in [2.05, 4.69) is 15.1 Å². The van der Waals surface area contributed by atoms with Crippen LogP contribution in [0.3, 0.4) is 0 Å². The van der Waals surface area contributed by atoms with Crippen molar-refractivity contribution in [2.45, 2.75) is 25.7 Å². The van der Waals surface area contributed by atoms with Crippen LogP contribution in [-0.2, 0) is 17.5 Å². The molecule has 1 aliphatic heterocycles. The van der Waals surface area contributed by atoms with Crippen molar-refractivity contribution in [1.82, 2.24) is 15.1 Å². The van der Waals surface area contributed by atoms with E-state index < -0.39 is 17.8 Å². The van der Waals surface area contributed by atoms with E-state index in [1.54, 1.807) is 12.3 Å². The number of rotatable bonds is 3. The number of aromatic amines is 1. The van der Waals surface area contributed by atoms with Crippen molar-refractivity contribution in [2.24, 2.45) is 0 Å². The maximum Gasteiger partial charge on any atom is 0.416 e. The molecule has 0 radical (unpaired) electrons. The van der Waals surface area contributed by atoms with Crippen LogP contribution in [0.15, 0.2) is 30.5 Å². The summed E-state index contributed by atoms with van der Waals surface area (Å²) in [5, 5.41) is 6.91. The fourth-order valence-corrected chi connectivity index (χ4v) is 2.83. The van der Waals surface area contributed by atoms with Crippen molar-refractivity contribution in [3.63, 3.8) is 0 Å². The highest BCUT2D eigenvalue weighted by atomic mass is 19.4. The molecular weight excluding hydrogens is 307 g/mol. The molecular formula is C16H18F3N3O. The summed E-state index contributed by atoms with van der Waals surface area (Å²) in [5.41, 5.74) is 1.61. The minimum atomic E-state index is -4.37. The van der Waals surface area contributed by atoms with Crippen LogP contribution in [0.1, 0.15) is 28.5 Å². The minimum Gasteiger partial charge on any atom is -0.371 e. The lowest BCUT2D eigenvalue weighted by molar-refractivity contribution is -0.140. The summed E-state index contributed by atoms with van der Waals surface area (Å²) in [5.74, 6) is 0. The van der Waals surface area contributed by atoms with Crippen molar-refractivity contribution in [1.29, 1.82) is 0 Å². The van der Waals surface area contributed by atoms with Gasteiger partial charge in [0.05, 0.1) is 30.2 Å². The zero-order valence-electron chi connectivity index (χ0n) is 12.7. The van der Waals surface area contributed by atoms with Crippen LogP contribution < -0.4 is 0 Å². The zero-order valence-corrected chi connectivity index (χ0v) is 12.7. The number of hydrogen-bond donors (Lipinski definition) is 1. The van der Waals surface area contributed by atoms with Crippen molar-refractivity contribution >= 4 is 0 Å². The molecule has 0 amide bonds. The molecule has 1 fully saturated rings. The second-order valence-electron chi connectivity index (χ2n) is 5.71. The first-order valence-electron chi connectivity index (χ1n) is 7.44. The Kier molecular flexibility index (Phi) is 4.41. The van der Waals surface area contributed by atoms with E-state index in [1.165, 1.54) is 12.1 Å². The molecule has 0 saturated carbocycles. The molecule has 2 aromatic rings. The van der Waals surface area contributed by atoms with E-state index in [0.717, 1.165) is 17.3 Å². The van der Waals surface area contributed by atoms with Crippen molar-refractivity contribution in [3.05, 3.63) is 52.8 Å². The number of nitrogens with zero attached hydrogens (tertiary/aromatic N) is 2. The summed E-state index contributed by atoms with van der Waals surface area (Å²) in [7, 11) is 0. The van der Waals surface area contributed by atoms with Crippen LogP contribution in [0.25, 0.3) is 0 Å². The molecule has 3 rings (SSSR count). The minimum absolute atomic E-state index is 0.200. The van der Waals surface area contributed by atoms with Gasteiger partial charge in [-0.25, -0.2) is 0 Å². The maximum atomic E-state index is 13.2. The highest BCUT2D eigenvalue weighted by Crippen LogP contribution is 2.36. The Hall–Kier alpha value is -1.86. The Balaban J connectivity index is 1.78. The normalized spacial score (nSPS) is 19.9. The summed E-state index contributed by atoms with van der Waals surface area (Å²) < 4.78 is 45.1. The Morgan fingerprint density at radius 3 is 2.83 bits per heavy atom. The summed E-state index contributed by atoms with van der Waals surface area (Å²) in [6.45, 7) is 4.09. The lowest BCUT2D eigenvalue weighted by Gasteiger charge is -2.34. The highest BCUT2D eigenvalue weighted by Gasteiger charge is 2.36. The van der Waals surface area contributed by atoms with E-state index in [9.17, 15) is 13.2 Å². The molecule has 0 bridgehead atoms. The number of hydrogen-bond acceptors (Lipinski definition) is 3. The number of aryl methyl sites for hydroxylation is 1. The third kappa shape index (κ3) is 3.56. The second-order valence-corrected chi connectivity index (χ2v) is 5.71. The van der Waals surface area contributed by atoms with Gasteiger partial charge in [-0.2, -0.15) is 18.3 Å². The van der Waals surface area contributed by atoms with E-state index >= 15 is 0 Å². The molecule has 1 saturated heterocycles. The van der Waals surface area contributed by atoms with Gasteiger partial charge in [0.1, 0.15) is 0 Å². The van der Waals surface area contributed by atoms with Crippen molar-refractivity contribution in [3.8, 4) is 0 Å². The third-order valence-electron chi connectivity index (χ3n) is 4.08. The van der Waals surface area contributed by atoms with Gasteiger partial charge in [0, 0.05) is 19.6 Å². The first kappa shape index (κ1) is 16.0. The Labute approximate surface area is 132 Å². The predicted molar refractivity (Wildman–Crippen MR) is 78.7 cm³/mol. The summed E-state index contributed by atoms with van der Waals surface area (Å²) in [4.78, 5) is 2.09. The number of ether oxygens (including phenoxy) is 1. The van der Waals surface area contributed by atoms with Gasteiger partial charge < -0.3 is 4.74 Å². The molecule has 23 heavy (non-hydrogen) atoms. The van der Waals surface area contributed by atoms with Gasteiger partial charge in [0.25, 0.3) is 0 Å². The number of H-pyrrole nitrogens is 1. The van der Waals surface area contributed by atoms with Crippen LogP contribution in [0.5, 0.6) is 0 Å². The lowest BCUT2D eigenvalue weighted by atomic mass is 10.0. The number of morpholine rings is 1. The van der Waals surface area contributed by atoms with Crippen LogP contribution in [0, 0.1) is 6.92 Å². The second kappa shape index (κ2) is 6.33. The van der Waals surface area contributed by atoms with Gasteiger partial charge in [-0.1, -0.05) is 18.2 Å². The first-order valence-corrected chi connectivity index (χ1v) is 7.44. The molecule has 4 nitrogen and oxygen atoms in total. The molecule has 124 valence electrons. The van der Waals surface area contributed by atoms with E-state index in [1.807, 2.05) is 6.92 Å². The molecule has 1 N–H and O–H groups in total. The number of benzene rings is 1. The smallest absolute Gasteiger partial charge is 0.371 e. The fraction of sp³-hybridized carbons (Fsp3) is 0.438. The summed E-state index contributed by atoms with van der Waals surface area (Å²) in [6, 6.07) is 5.63. The first-order chi connectivity index (χ1) is 10.9. The van der Waals surface area contributed by atoms with Gasteiger partial charge in [0.15, 0.2) is 0 Å². The topological polar surface area (TPSA) is 41.2 Å². The SMILES string of the molecule is Cc1cn[nH]c1CN1CCOC(c2ccccc2C(F)(F)F)C1. The average Bonchev–Trinajstić information content (AvgIpc) is 2.92. The molecule has 7 heteroatoms. The molecule has 1 aromatic carbocycles. The average molecular weight is 325 g/mol. The maximum absolute atomic E-state index is 13.2. The fourth-order valence-electron chi connectivity index (χ4n) is 2.83. The third-order valence-corrected chi connectivity index (χ3v) is 4.08. The molecule has 1 aromatic heterocycles. The molecule has 2 heterocycles. The summed E-state index contributed by atoms with van der Waals surface area (Å²) in [6.07, 6.45) is -3.21.